The molecular formula is C22H23N3O4. The van der Waals surface area contributed by atoms with E-state index >= 15 is 0 Å². The molecule has 3 aromatic rings. The highest BCUT2D eigenvalue weighted by Gasteiger charge is 2.28. The molecule has 0 fully saturated rings. The van der Waals surface area contributed by atoms with Crippen molar-refractivity contribution >= 4 is 11.9 Å². The number of hydrogen-bond acceptors (Lipinski definition) is 5. The van der Waals surface area contributed by atoms with Crippen molar-refractivity contribution < 1.29 is 19.1 Å². The minimum atomic E-state index is -0.966. The van der Waals surface area contributed by atoms with Gasteiger partial charge in [0.2, 0.25) is 0 Å². The van der Waals surface area contributed by atoms with Gasteiger partial charge in [0.15, 0.2) is 12.1 Å². The quantitative estimate of drug-likeness (QED) is 0.624. The van der Waals surface area contributed by atoms with Crippen molar-refractivity contribution in [3.05, 3.63) is 72.8 Å². The number of nitrogens with zero attached hydrogens (tertiary/aromatic N) is 2. The van der Waals surface area contributed by atoms with Gasteiger partial charge in [-0.2, -0.15) is 0 Å². The standard InChI is InChI=1S/C22H23N3O4/c1-15(21(26)24-20(22(27)28-3)19-13-23-14-25(19)2)29-18-11-9-17(10-12-18)16-7-5-4-6-8-16/h4-15,20H,1-3H3,(H,24,26)/t15-,20-/m0/s1. The zero-order chi connectivity index (χ0) is 20.8. The molecule has 7 heteroatoms. The van der Waals surface area contributed by atoms with Crippen LogP contribution in [0.25, 0.3) is 11.1 Å². The molecule has 0 unspecified atom stereocenters. The minimum Gasteiger partial charge on any atom is -0.481 e. The van der Waals surface area contributed by atoms with Crippen LogP contribution < -0.4 is 10.1 Å². The number of carbonyl (C=O) groups is 2. The van der Waals surface area contributed by atoms with Gasteiger partial charge in [0, 0.05) is 7.05 Å². The van der Waals surface area contributed by atoms with Crippen molar-refractivity contribution in [3.8, 4) is 16.9 Å². The molecule has 1 N–H and O–H groups in total. The molecule has 1 aromatic heterocycles. The van der Waals surface area contributed by atoms with Crippen LogP contribution in [0, 0.1) is 0 Å². The summed E-state index contributed by atoms with van der Waals surface area (Å²) in [5.74, 6) is -0.461. The molecule has 29 heavy (non-hydrogen) atoms. The monoisotopic (exact) mass is 393 g/mol. The summed E-state index contributed by atoms with van der Waals surface area (Å²) >= 11 is 0. The lowest BCUT2D eigenvalue weighted by atomic mass is 10.1. The summed E-state index contributed by atoms with van der Waals surface area (Å²) in [5, 5.41) is 2.67. The number of imidazole rings is 1. The second-order valence-electron chi connectivity index (χ2n) is 6.54. The number of aryl methyl sites for hydroxylation is 1. The zero-order valence-electron chi connectivity index (χ0n) is 16.5. The number of aromatic nitrogens is 2. The van der Waals surface area contributed by atoms with E-state index in [0.717, 1.165) is 11.1 Å². The number of benzene rings is 2. The first-order valence-electron chi connectivity index (χ1n) is 9.16. The summed E-state index contributed by atoms with van der Waals surface area (Å²) in [7, 11) is 3.00. The summed E-state index contributed by atoms with van der Waals surface area (Å²) in [6.07, 6.45) is 2.25. The Morgan fingerprint density at radius 2 is 1.69 bits per heavy atom. The van der Waals surface area contributed by atoms with Gasteiger partial charge in [0.05, 0.1) is 25.3 Å². The average molecular weight is 393 g/mol. The predicted octanol–water partition coefficient (Wildman–Crippen LogP) is 2.88. The molecule has 0 radical (unpaired) electrons. The van der Waals surface area contributed by atoms with Crippen LogP contribution in [0.3, 0.4) is 0 Å². The Bertz CT molecular complexity index is 967. The molecule has 0 saturated carbocycles. The third kappa shape index (κ3) is 4.82. The molecule has 2 aromatic carbocycles. The Morgan fingerprint density at radius 3 is 2.28 bits per heavy atom. The first-order chi connectivity index (χ1) is 14.0. The normalized spacial score (nSPS) is 12.7. The SMILES string of the molecule is COC(=O)[C@@H](NC(=O)[C@H](C)Oc1ccc(-c2ccccc2)cc1)c1cncn1C. The van der Waals surface area contributed by atoms with Gasteiger partial charge < -0.3 is 19.4 Å². The van der Waals surface area contributed by atoms with Crippen LogP contribution in [0.2, 0.25) is 0 Å². The van der Waals surface area contributed by atoms with E-state index in [4.69, 9.17) is 9.47 Å². The summed E-state index contributed by atoms with van der Waals surface area (Å²) in [6, 6.07) is 16.5. The first kappa shape index (κ1) is 20.1. The van der Waals surface area contributed by atoms with E-state index in [1.807, 2.05) is 54.6 Å². The summed E-state index contributed by atoms with van der Waals surface area (Å²) in [6.45, 7) is 1.62. The Balaban J connectivity index is 1.66. The van der Waals surface area contributed by atoms with Gasteiger partial charge in [0.1, 0.15) is 5.75 Å². The Labute approximate surface area is 169 Å². The number of amides is 1. The molecule has 0 aliphatic rings. The van der Waals surface area contributed by atoms with Gasteiger partial charge in [-0.1, -0.05) is 42.5 Å². The van der Waals surface area contributed by atoms with E-state index in [-0.39, 0.29) is 0 Å². The lowest BCUT2D eigenvalue weighted by Gasteiger charge is -2.20. The maximum atomic E-state index is 12.6. The molecule has 0 spiro atoms. The largest absolute Gasteiger partial charge is 0.481 e. The molecule has 0 aliphatic carbocycles. The second-order valence-corrected chi connectivity index (χ2v) is 6.54. The molecule has 150 valence electrons. The van der Waals surface area contributed by atoms with E-state index in [0.29, 0.717) is 11.4 Å². The lowest BCUT2D eigenvalue weighted by molar-refractivity contribution is -0.146. The third-order valence-electron chi connectivity index (χ3n) is 4.52. The van der Waals surface area contributed by atoms with Crippen LogP contribution in [0.1, 0.15) is 18.7 Å². The van der Waals surface area contributed by atoms with Crippen LogP contribution in [-0.2, 0) is 21.4 Å². The number of carbonyl (C=O) groups excluding carboxylic acids is 2. The average Bonchev–Trinajstić information content (AvgIpc) is 3.18. The summed E-state index contributed by atoms with van der Waals surface area (Å²) in [4.78, 5) is 28.7. The summed E-state index contributed by atoms with van der Waals surface area (Å²) in [5.41, 5.74) is 2.67. The van der Waals surface area contributed by atoms with Crippen LogP contribution in [0.5, 0.6) is 5.75 Å². The van der Waals surface area contributed by atoms with Crippen LogP contribution in [0.4, 0.5) is 0 Å². The highest BCUT2D eigenvalue weighted by molar-refractivity contribution is 5.87. The Kier molecular flexibility index (Phi) is 6.29. The van der Waals surface area contributed by atoms with Gasteiger partial charge in [-0.25, -0.2) is 9.78 Å². The Hall–Kier alpha value is -3.61. The van der Waals surface area contributed by atoms with E-state index in [9.17, 15) is 9.59 Å². The number of ether oxygens (including phenoxy) is 2. The molecule has 1 amide bonds. The van der Waals surface area contributed by atoms with E-state index < -0.39 is 24.0 Å². The zero-order valence-corrected chi connectivity index (χ0v) is 16.5. The fraction of sp³-hybridized carbons (Fsp3) is 0.227. The van der Waals surface area contributed by atoms with Crippen molar-refractivity contribution in [3.63, 3.8) is 0 Å². The molecule has 3 rings (SSSR count). The highest BCUT2D eigenvalue weighted by Crippen LogP contribution is 2.23. The van der Waals surface area contributed by atoms with E-state index in [1.165, 1.54) is 13.3 Å². The van der Waals surface area contributed by atoms with Gasteiger partial charge in [-0.3, -0.25) is 4.79 Å². The van der Waals surface area contributed by atoms with Crippen molar-refractivity contribution in [2.24, 2.45) is 7.05 Å². The third-order valence-corrected chi connectivity index (χ3v) is 4.52. The number of esters is 1. The molecule has 0 bridgehead atoms. The summed E-state index contributed by atoms with van der Waals surface area (Å²) < 4.78 is 12.2. The van der Waals surface area contributed by atoms with Crippen molar-refractivity contribution in [1.82, 2.24) is 14.9 Å². The predicted molar refractivity (Wildman–Crippen MR) is 108 cm³/mol. The smallest absolute Gasteiger partial charge is 0.334 e. The molecule has 0 saturated heterocycles. The van der Waals surface area contributed by atoms with E-state index in [2.05, 4.69) is 10.3 Å². The van der Waals surface area contributed by atoms with Crippen molar-refractivity contribution in [1.29, 1.82) is 0 Å². The van der Waals surface area contributed by atoms with Gasteiger partial charge in [-0.15, -0.1) is 0 Å². The van der Waals surface area contributed by atoms with Crippen LogP contribution in [0.15, 0.2) is 67.1 Å². The topological polar surface area (TPSA) is 82.4 Å². The molecule has 2 atom stereocenters. The van der Waals surface area contributed by atoms with Crippen LogP contribution >= 0.6 is 0 Å². The van der Waals surface area contributed by atoms with E-state index in [1.54, 1.807) is 24.9 Å². The first-order valence-corrected chi connectivity index (χ1v) is 9.16. The number of hydrogen-bond donors (Lipinski definition) is 1. The van der Waals surface area contributed by atoms with Gasteiger partial charge >= 0.3 is 5.97 Å². The fourth-order valence-corrected chi connectivity index (χ4v) is 2.89. The number of nitrogens with one attached hydrogen (secondary N) is 1. The second kappa shape index (κ2) is 9.05. The molecular weight excluding hydrogens is 370 g/mol. The highest BCUT2D eigenvalue weighted by atomic mass is 16.5. The maximum Gasteiger partial charge on any atom is 0.334 e. The molecule has 1 heterocycles. The van der Waals surface area contributed by atoms with Gasteiger partial charge in [-0.05, 0) is 30.2 Å². The van der Waals surface area contributed by atoms with Gasteiger partial charge in [0.25, 0.3) is 5.91 Å². The fourth-order valence-electron chi connectivity index (χ4n) is 2.89. The van der Waals surface area contributed by atoms with Crippen molar-refractivity contribution in [2.45, 2.75) is 19.1 Å². The lowest BCUT2D eigenvalue weighted by Crippen LogP contribution is -2.42. The minimum absolute atomic E-state index is 0.436. The number of rotatable bonds is 7. The maximum absolute atomic E-state index is 12.6. The molecule has 7 nitrogen and oxygen atoms in total. The van der Waals surface area contributed by atoms with Crippen molar-refractivity contribution in [2.75, 3.05) is 7.11 Å². The van der Waals surface area contributed by atoms with Crippen LogP contribution in [-0.4, -0.2) is 34.6 Å². The molecule has 0 aliphatic heterocycles. The Morgan fingerprint density at radius 1 is 1.03 bits per heavy atom. The number of methoxy groups -OCH3 is 1.